The summed E-state index contributed by atoms with van der Waals surface area (Å²) in [7, 11) is 1.64. The van der Waals surface area contributed by atoms with Crippen LogP contribution in [0.15, 0.2) is 4.47 Å². The number of nitrogens with two attached hydrogens (primary N) is 1. The zero-order valence-electron chi connectivity index (χ0n) is 5.43. The summed E-state index contributed by atoms with van der Waals surface area (Å²) >= 11 is 4.65. The Balaban J connectivity index is 2.83. The van der Waals surface area contributed by atoms with Gasteiger partial charge in [0.2, 0.25) is 0 Å². The molecule has 2 N–H and O–H groups in total. The first-order valence-corrected chi connectivity index (χ1v) is 4.20. The van der Waals surface area contributed by atoms with Crippen molar-refractivity contribution in [3.63, 3.8) is 0 Å². The molecule has 0 aliphatic carbocycles. The second kappa shape index (κ2) is 3.32. The van der Waals surface area contributed by atoms with E-state index in [1.807, 2.05) is 0 Å². The maximum atomic E-state index is 5.47. The third-order valence-electron chi connectivity index (χ3n) is 0.999. The Bertz CT molecular complexity index is 225. The lowest BCUT2D eigenvalue weighted by atomic mass is 10.5. The second-order valence-electron chi connectivity index (χ2n) is 1.74. The number of aromatic nitrogens is 1. The summed E-state index contributed by atoms with van der Waals surface area (Å²) in [6.45, 7) is 0.565. The molecule has 10 heavy (non-hydrogen) atoms. The van der Waals surface area contributed by atoms with Crippen LogP contribution in [-0.4, -0.2) is 11.5 Å². The summed E-state index contributed by atoms with van der Waals surface area (Å²) in [6, 6.07) is 0. The minimum atomic E-state index is 0.539. The molecule has 0 atom stereocenters. The van der Waals surface area contributed by atoms with E-state index in [4.69, 9.17) is 10.5 Å². The Kier molecular flexibility index (Phi) is 2.64. The van der Waals surface area contributed by atoms with Crippen molar-refractivity contribution in [1.29, 1.82) is 0 Å². The molecule has 0 radical (unpaired) electrons. The van der Waals surface area contributed by atoms with E-state index in [9.17, 15) is 0 Å². The molecule has 1 heterocycles. The van der Waals surface area contributed by atoms with Crippen molar-refractivity contribution < 1.29 is 4.74 Å². The minimum Gasteiger partial charge on any atom is -0.382 e. The van der Waals surface area contributed by atoms with Gasteiger partial charge in [0.05, 0.1) is 16.0 Å². The first-order chi connectivity index (χ1) is 4.75. The summed E-state index contributed by atoms with van der Waals surface area (Å²) in [5.41, 5.74) is 5.47. The van der Waals surface area contributed by atoms with Crippen LogP contribution in [0.3, 0.4) is 0 Å². The van der Waals surface area contributed by atoms with Crippen molar-refractivity contribution in [1.82, 2.24) is 4.37 Å². The zero-order chi connectivity index (χ0) is 7.56. The molecular weight excluding hydrogens is 216 g/mol. The summed E-state index contributed by atoms with van der Waals surface area (Å²) < 4.78 is 9.69. The normalized spacial score (nSPS) is 10.2. The monoisotopic (exact) mass is 222 g/mol. The predicted molar refractivity (Wildman–Crippen MR) is 44.9 cm³/mol. The van der Waals surface area contributed by atoms with Gasteiger partial charge in [-0.3, -0.25) is 0 Å². The molecule has 0 saturated carbocycles. The van der Waals surface area contributed by atoms with Gasteiger partial charge in [-0.2, -0.15) is 4.37 Å². The highest BCUT2D eigenvalue weighted by molar-refractivity contribution is 9.10. The van der Waals surface area contributed by atoms with Crippen molar-refractivity contribution in [2.24, 2.45) is 0 Å². The van der Waals surface area contributed by atoms with Crippen molar-refractivity contribution in [2.75, 3.05) is 12.8 Å². The molecule has 0 spiro atoms. The smallest absolute Gasteiger partial charge is 0.151 e. The van der Waals surface area contributed by atoms with Gasteiger partial charge in [0, 0.05) is 7.11 Å². The van der Waals surface area contributed by atoms with Crippen LogP contribution < -0.4 is 5.73 Å². The third kappa shape index (κ3) is 1.47. The molecule has 0 saturated heterocycles. The molecule has 0 aliphatic rings. The molecule has 0 fully saturated rings. The first-order valence-electron chi connectivity index (χ1n) is 2.64. The van der Waals surface area contributed by atoms with E-state index in [1.165, 1.54) is 11.5 Å². The van der Waals surface area contributed by atoms with Gasteiger partial charge >= 0.3 is 0 Å². The highest BCUT2D eigenvalue weighted by atomic mass is 79.9. The van der Waals surface area contributed by atoms with Gasteiger partial charge in [-0.25, -0.2) is 0 Å². The summed E-state index contributed by atoms with van der Waals surface area (Å²) in [5.74, 6) is 0.539. The second-order valence-corrected chi connectivity index (χ2v) is 3.39. The lowest BCUT2D eigenvalue weighted by Crippen LogP contribution is -1.86. The Morgan fingerprint density at radius 1 is 1.80 bits per heavy atom. The van der Waals surface area contributed by atoms with Gasteiger partial charge < -0.3 is 10.5 Å². The van der Waals surface area contributed by atoms with Crippen LogP contribution in [0.25, 0.3) is 0 Å². The van der Waals surface area contributed by atoms with E-state index in [1.54, 1.807) is 7.11 Å². The topological polar surface area (TPSA) is 48.1 Å². The minimum absolute atomic E-state index is 0.539. The summed E-state index contributed by atoms with van der Waals surface area (Å²) in [4.78, 5) is 1.03. The number of halogens is 1. The highest BCUT2D eigenvalue weighted by Crippen LogP contribution is 2.27. The van der Waals surface area contributed by atoms with Crippen LogP contribution in [0.1, 0.15) is 4.88 Å². The number of hydrogen-bond donors (Lipinski definition) is 1. The van der Waals surface area contributed by atoms with Crippen LogP contribution in [-0.2, 0) is 11.3 Å². The fraction of sp³-hybridized carbons (Fsp3) is 0.400. The van der Waals surface area contributed by atoms with Crippen molar-refractivity contribution in [3.8, 4) is 0 Å². The quantitative estimate of drug-likeness (QED) is 0.828. The number of rotatable bonds is 2. The average Bonchev–Trinajstić information content (AvgIpc) is 2.20. The molecule has 1 aromatic heterocycles. The molecule has 0 amide bonds. The molecule has 1 rings (SSSR count). The van der Waals surface area contributed by atoms with E-state index < -0.39 is 0 Å². The fourth-order valence-corrected chi connectivity index (χ4v) is 1.74. The Morgan fingerprint density at radius 2 is 2.50 bits per heavy atom. The number of ether oxygens (including phenoxy) is 1. The maximum Gasteiger partial charge on any atom is 0.151 e. The van der Waals surface area contributed by atoms with Crippen molar-refractivity contribution in [2.45, 2.75) is 6.61 Å². The molecule has 5 heteroatoms. The Labute approximate surface area is 71.5 Å². The van der Waals surface area contributed by atoms with E-state index >= 15 is 0 Å². The van der Waals surface area contributed by atoms with Crippen LogP contribution >= 0.6 is 27.5 Å². The summed E-state index contributed by atoms with van der Waals surface area (Å²) in [6.07, 6.45) is 0. The van der Waals surface area contributed by atoms with Gasteiger partial charge in [-0.15, -0.1) is 0 Å². The predicted octanol–water partition coefficient (Wildman–Crippen LogP) is 1.63. The number of methoxy groups -OCH3 is 1. The Hall–Kier alpha value is -0.130. The van der Waals surface area contributed by atoms with E-state index in [0.29, 0.717) is 12.4 Å². The molecule has 56 valence electrons. The molecule has 0 aromatic carbocycles. The first kappa shape index (κ1) is 7.97. The lowest BCUT2D eigenvalue weighted by Gasteiger charge is -1.92. The van der Waals surface area contributed by atoms with Crippen molar-refractivity contribution in [3.05, 3.63) is 9.35 Å². The van der Waals surface area contributed by atoms with Gasteiger partial charge in [-0.1, -0.05) is 0 Å². The molecule has 3 nitrogen and oxygen atoms in total. The molecular formula is C5H7BrN2OS. The van der Waals surface area contributed by atoms with Gasteiger partial charge in [-0.05, 0) is 27.5 Å². The fourth-order valence-electron chi connectivity index (χ4n) is 0.548. The van der Waals surface area contributed by atoms with E-state index in [0.717, 1.165) is 9.35 Å². The van der Waals surface area contributed by atoms with Crippen LogP contribution in [0, 0.1) is 0 Å². The summed E-state index contributed by atoms with van der Waals surface area (Å²) in [5, 5.41) is 0. The SMILES string of the molecule is COCc1snc(N)c1Br. The molecule has 0 unspecified atom stereocenters. The number of hydrogen-bond acceptors (Lipinski definition) is 4. The number of anilines is 1. The van der Waals surface area contributed by atoms with Gasteiger partial charge in [0.15, 0.2) is 5.82 Å². The van der Waals surface area contributed by atoms with Gasteiger partial charge in [0.1, 0.15) is 0 Å². The standard InChI is InChI=1S/C5H7BrN2OS/c1-9-2-3-4(6)5(7)8-10-3/h2H2,1H3,(H2,7,8). The van der Waals surface area contributed by atoms with E-state index in [-0.39, 0.29) is 0 Å². The molecule has 0 aliphatic heterocycles. The maximum absolute atomic E-state index is 5.47. The Morgan fingerprint density at radius 3 is 2.90 bits per heavy atom. The molecule has 1 aromatic rings. The van der Waals surface area contributed by atoms with E-state index in [2.05, 4.69) is 20.3 Å². The van der Waals surface area contributed by atoms with Crippen LogP contribution in [0.5, 0.6) is 0 Å². The largest absolute Gasteiger partial charge is 0.382 e. The average molecular weight is 223 g/mol. The molecule has 0 bridgehead atoms. The number of nitrogens with zero attached hydrogens (tertiary/aromatic N) is 1. The van der Waals surface area contributed by atoms with Gasteiger partial charge in [0.25, 0.3) is 0 Å². The number of nitrogen functional groups attached to an aromatic ring is 1. The van der Waals surface area contributed by atoms with Crippen molar-refractivity contribution >= 4 is 33.3 Å². The highest BCUT2D eigenvalue weighted by Gasteiger charge is 2.06. The van der Waals surface area contributed by atoms with Crippen LogP contribution in [0.4, 0.5) is 5.82 Å². The third-order valence-corrected chi connectivity index (χ3v) is 2.98. The van der Waals surface area contributed by atoms with Crippen LogP contribution in [0.2, 0.25) is 0 Å². The zero-order valence-corrected chi connectivity index (χ0v) is 7.83. The lowest BCUT2D eigenvalue weighted by molar-refractivity contribution is 0.187.